The second-order valence-electron chi connectivity index (χ2n) is 11.4. The van der Waals surface area contributed by atoms with Crippen molar-refractivity contribution in [1.82, 2.24) is 5.01 Å². The first-order valence-corrected chi connectivity index (χ1v) is 15.2. The molecule has 1 unspecified atom stereocenters. The van der Waals surface area contributed by atoms with Crippen molar-refractivity contribution in [2.24, 2.45) is 5.10 Å². The smallest absolute Gasteiger partial charge is 0.339 e. The third kappa shape index (κ3) is 5.56. The Labute approximate surface area is 258 Å². The molecule has 0 saturated heterocycles. The van der Waals surface area contributed by atoms with E-state index in [0.29, 0.717) is 29.9 Å². The lowest BCUT2D eigenvalue weighted by Crippen LogP contribution is -2.43. The van der Waals surface area contributed by atoms with Gasteiger partial charge >= 0.3 is 11.9 Å². The van der Waals surface area contributed by atoms with Crippen molar-refractivity contribution < 1.29 is 19.1 Å². The summed E-state index contributed by atoms with van der Waals surface area (Å²) in [7, 11) is 0. The number of carbonyl (C=O) groups excluding carboxylic acids is 2. The monoisotopic (exact) mass is 588 g/mol. The van der Waals surface area contributed by atoms with Crippen LogP contribution in [0.1, 0.15) is 69.4 Å². The molecule has 2 heterocycles. The number of allylic oxidation sites excluding steroid dienone is 1. The number of hydrazone groups is 1. The Kier molecular flexibility index (Phi) is 9.41. The molecule has 0 fully saturated rings. The Hall–Kier alpha value is -4.95. The van der Waals surface area contributed by atoms with Gasteiger partial charge in [-0.2, -0.15) is 15.6 Å². The van der Waals surface area contributed by atoms with Gasteiger partial charge in [0.2, 0.25) is 0 Å². The van der Waals surface area contributed by atoms with Gasteiger partial charge in [0.05, 0.1) is 48.1 Å². The number of nitriles is 2. The molecule has 0 radical (unpaired) electrons. The third-order valence-corrected chi connectivity index (χ3v) is 8.53. The quantitative estimate of drug-likeness (QED) is 0.146. The predicted molar refractivity (Wildman–Crippen MR) is 167 cm³/mol. The summed E-state index contributed by atoms with van der Waals surface area (Å²) in [5.41, 5.74) is 4.15. The molecule has 1 spiro atoms. The maximum atomic E-state index is 13.1. The summed E-state index contributed by atoms with van der Waals surface area (Å²) in [6.45, 7) is 5.97. The molecule has 0 amide bonds. The van der Waals surface area contributed by atoms with Crippen LogP contribution < -0.4 is 0 Å². The number of rotatable bonds is 13. The van der Waals surface area contributed by atoms with Crippen molar-refractivity contribution in [3.63, 3.8) is 0 Å². The molecular weight excluding hydrogens is 552 g/mol. The van der Waals surface area contributed by atoms with E-state index >= 15 is 0 Å². The molecule has 2 aliphatic heterocycles. The molecular formula is C36H36N4O4. The molecule has 0 bridgehead atoms. The van der Waals surface area contributed by atoms with Gasteiger partial charge in [0.15, 0.2) is 5.70 Å². The van der Waals surface area contributed by atoms with Crippen molar-refractivity contribution in [2.75, 3.05) is 13.2 Å². The van der Waals surface area contributed by atoms with Crippen molar-refractivity contribution >= 4 is 18.2 Å². The third-order valence-electron chi connectivity index (χ3n) is 8.53. The first kappa shape index (κ1) is 30.5. The standard InChI is InChI=1S/C36H36N4O4/c1-25(2)34(41)43-19-13-7-5-3-4-6-8-14-20-44-35(42)26-21-33-36(31(22-37)32(23-38)40(33)39-24-26)29-17-11-9-15-27(29)28-16-10-12-18-30(28)36/h9-12,15-18,21,24,33H,1,3-8,13-14,19-20H2,2H3. The van der Waals surface area contributed by atoms with Crippen molar-refractivity contribution in [1.29, 1.82) is 10.5 Å². The van der Waals surface area contributed by atoms with Gasteiger partial charge in [-0.25, -0.2) is 14.6 Å². The minimum atomic E-state index is -0.967. The van der Waals surface area contributed by atoms with E-state index in [-0.39, 0.29) is 11.7 Å². The predicted octanol–water partition coefficient (Wildman–Crippen LogP) is 6.65. The zero-order valence-electron chi connectivity index (χ0n) is 25.1. The summed E-state index contributed by atoms with van der Waals surface area (Å²) >= 11 is 0. The summed E-state index contributed by atoms with van der Waals surface area (Å²) in [5.74, 6) is -0.787. The second kappa shape index (κ2) is 13.6. The fourth-order valence-electron chi connectivity index (χ4n) is 6.46. The second-order valence-corrected chi connectivity index (χ2v) is 11.4. The van der Waals surface area contributed by atoms with Crippen LogP contribution in [0.2, 0.25) is 0 Å². The van der Waals surface area contributed by atoms with Gasteiger partial charge in [0, 0.05) is 5.57 Å². The average Bonchev–Trinajstić information content (AvgIpc) is 3.50. The normalized spacial score (nSPS) is 16.8. The minimum Gasteiger partial charge on any atom is -0.462 e. The largest absolute Gasteiger partial charge is 0.462 e. The van der Waals surface area contributed by atoms with E-state index < -0.39 is 17.4 Å². The highest BCUT2D eigenvalue weighted by Gasteiger charge is 2.60. The molecule has 5 rings (SSSR count). The van der Waals surface area contributed by atoms with Gasteiger partial charge < -0.3 is 9.47 Å². The fourth-order valence-corrected chi connectivity index (χ4v) is 6.46. The van der Waals surface area contributed by atoms with Gasteiger partial charge in [-0.3, -0.25) is 0 Å². The van der Waals surface area contributed by atoms with E-state index in [2.05, 4.69) is 23.8 Å². The van der Waals surface area contributed by atoms with E-state index in [1.165, 1.54) is 6.21 Å². The van der Waals surface area contributed by atoms with Gasteiger partial charge in [-0.15, -0.1) is 0 Å². The number of nitrogens with zero attached hydrogens (tertiary/aromatic N) is 4. The van der Waals surface area contributed by atoms with Crippen LogP contribution in [0, 0.1) is 22.7 Å². The molecule has 2 aromatic carbocycles. The highest BCUT2D eigenvalue weighted by atomic mass is 16.5. The molecule has 1 aliphatic carbocycles. The molecule has 8 nitrogen and oxygen atoms in total. The number of hydrogen-bond acceptors (Lipinski definition) is 8. The van der Waals surface area contributed by atoms with Crippen LogP contribution in [0.15, 0.2) is 88.7 Å². The Balaban J connectivity index is 1.17. The van der Waals surface area contributed by atoms with Crippen LogP contribution in [0.5, 0.6) is 0 Å². The van der Waals surface area contributed by atoms with Crippen LogP contribution >= 0.6 is 0 Å². The Morgan fingerprint density at radius 3 is 1.95 bits per heavy atom. The number of esters is 2. The summed E-state index contributed by atoms with van der Waals surface area (Å²) in [6, 6.07) is 19.8. The lowest BCUT2D eigenvalue weighted by atomic mass is 9.68. The average molecular weight is 589 g/mol. The van der Waals surface area contributed by atoms with Crippen molar-refractivity contribution in [3.8, 4) is 23.3 Å². The maximum absolute atomic E-state index is 13.1. The summed E-state index contributed by atoms with van der Waals surface area (Å²) in [6.07, 6.45) is 11.2. The van der Waals surface area contributed by atoms with Gasteiger partial charge in [-0.1, -0.05) is 93.6 Å². The van der Waals surface area contributed by atoms with Crippen LogP contribution in [-0.4, -0.2) is 42.4 Å². The van der Waals surface area contributed by atoms with Gasteiger partial charge in [0.25, 0.3) is 0 Å². The Morgan fingerprint density at radius 2 is 1.41 bits per heavy atom. The Bertz CT molecular complexity index is 1590. The zero-order chi connectivity index (χ0) is 31.1. The van der Waals surface area contributed by atoms with E-state index in [4.69, 9.17) is 9.47 Å². The fraction of sp³-hybridized carbons (Fsp3) is 0.361. The number of carbonyl (C=O) groups is 2. The molecule has 1 atom stereocenters. The lowest BCUT2D eigenvalue weighted by molar-refractivity contribution is -0.139. The summed E-state index contributed by atoms with van der Waals surface area (Å²) in [4.78, 5) is 24.5. The number of hydrogen-bond donors (Lipinski definition) is 0. The van der Waals surface area contributed by atoms with Crippen LogP contribution in [0.4, 0.5) is 0 Å². The molecule has 0 saturated carbocycles. The summed E-state index contributed by atoms with van der Waals surface area (Å²) in [5, 5.41) is 26.6. The molecule has 44 heavy (non-hydrogen) atoms. The molecule has 8 heteroatoms. The highest BCUT2D eigenvalue weighted by Crippen LogP contribution is 2.60. The minimum absolute atomic E-state index is 0.190. The molecule has 0 aromatic heterocycles. The SMILES string of the molecule is C=C(C)C(=O)OCCCCCCCCCCOC(=O)C1=CC2N(N=C1)C(C#N)=C(C#N)C21c2ccccc2-c2ccccc21. The van der Waals surface area contributed by atoms with E-state index in [0.717, 1.165) is 73.6 Å². The first-order valence-electron chi connectivity index (χ1n) is 15.2. The number of unbranched alkanes of at least 4 members (excludes halogenated alkanes) is 7. The van der Waals surface area contributed by atoms with Crippen LogP contribution in [0.25, 0.3) is 11.1 Å². The molecule has 3 aliphatic rings. The summed E-state index contributed by atoms with van der Waals surface area (Å²) < 4.78 is 10.7. The van der Waals surface area contributed by atoms with Crippen molar-refractivity contribution in [3.05, 3.63) is 94.7 Å². The lowest BCUT2D eigenvalue weighted by Gasteiger charge is -2.36. The van der Waals surface area contributed by atoms with Crippen molar-refractivity contribution in [2.45, 2.75) is 69.7 Å². The van der Waals surface area contributed by atoms with E-state index in [1.807, 2.05) is 48.5 Å². The van der Waals surface area contributed by atoms with E-state index in [9.17, 15) is 20.1 Å². The van der Waals surface area contributed by atoms with E-state index in [1.54, 1.807) is 18.0 Å². The van der Waals surface area contributed by atoms with Gasteiger partial charge in [0.1, 0.15) is 6.07 Å². The number of benzene rings is 2. The van der Waals surface area contributed by atoms with Crippen LogP contribution in [0.3, 0.4) is 0 Å². The topological polar surface area (TPSA) is 116 Å². The molecule has 0 N–H and O–H groups in total. The maximum Gasteiger partial charge on any atom is 0.339 e. The Morgan fingerprint density at radius 1 is 0.864 bits per heavy atom. The molecule has 2 aromatic rings. The first-order chi connectivity index (χ1) is 21.4. The number of ether oxygens (including phenoxy) is 2. The van der Waals surface area contributed by atoms with Crippen LogP contribution in [-0.2, 0) is 24.5 Å². The molecule has 224 valence electrons. The van der Waals surface area contributed by atoms with Gasteiger partial charge in [-0.05, 0) is 48.1 Å². The zero-order valence-corrected chi connectivity index (χ0v) is 25.1. The highest BCUT2D eigenvalue weighted by molar-refractivity contribution is 6.10. The number of fused-ring (bicyclic) bond motifs is 7.